The number of ether oxygens (including phenoxy) is 3. The van der Waals surface area contributed by atoms with Gasteiger partial charge in [0, 0.05) is 13.6 Å². The molecule has 1 unspecified atom stereocenters. The first-order chi connectivity index (χ1) is 8.85. The summed E-state index contributed by atoms with van der Waals surface area (Å²) >= 11 is 0. The minimum atomic E-state index is 0.0384. The summed E-state index contributed by atoms with van der Waals surface area (Å²) < 4.78 is 16.2. The maximum atomic E-state index is 5.54. The number of hydrogen-bond donors (Lipinski definition) is 2. The van der Waals surface area contributed by atoms with E-state index in [0.29, 0.717) is 43.8 Å². The smallest absolute Gasteiger partial charge is 0.204 e. The molecule has 1 aromatic rings. The third-order valence-electron chi connectivity index (χ3n) is 2.63. The largest absolute Gasteiger partial charge is 0.490 e. The standard InChI is InChI=1S/C11H18N4O3/c1-12-10-9(16-2)11(15-7-14-10)13-5-8-6-17-3-4-18-8/h7-8H,3-6H2,1-2H3,(H2,12,13,14,15). The Morgan fingerprint density at radius 3 is 2.89 bits per heavy atom. The molecule has 0 bridgehead atoms. The van der Waals surface area contributed by atoms with Crippen LogP contribution in [-0.2, 0) is 9.47 Å². The van der Waals surface area contributed by atoms with Crippen LogP contribution in [0.15, 0.2) is 6.33 Å². The normalized spacial score (nSPS) is 19.3. The molecule has 0 amide bonds. The monoisotopic (exact) mass is 254 g/mol. The second-order valence-electron chi connectivity index (χ2n) is 3.80. The number of nitrogens with zero attached hydrogens (tertiary/aromatic N) is 2. The summed E-state index contributed by atoms with van der Waals surface area (Å²) in [6, 6.07) is 0. The molecule has 0 aromatic carbocycles. The fourth-order valence-electron chi connectivity index (χ4n) is 1.74. The van der Waals surface area contributed by atoms with Crippen LogP contribution in [0.4, 0.5) is 11.6 Å². The molecule has 0 spiro atoms. The molecule has 1 saturated heterocycles. The molecule has 7 heteroatoms. The van der Waals surface area contributed by atoms with Gasteiger partial charge in [-0.15, -0.1) is 0 Å². The highest BCUT2D eigenvalue weighted by Gasteiger charge is 2.16. The SMILES string of the molecule is CNc1ncnc(NCC2COCCO2)c1OC. The van der Waals surface area contributed by atoms with E-state index in [1.807, 2.05) is 0 Å². The molecule has 0 radical (unpaired) electrons. The Balaban J connectivity index is 1.99. The minimum absolute atomic E-state index is 0.0384. The molecule has 7 nitrogen and oxygen atoms in total. The number of methoxy groups -OCH3 is 1. The minimum Gasteiger partial charge on any atom is -0.490 e. The van der Waals surface area contributed by atoms with Crippen LogP contribution in [0.5, 0.6) is 5.75 Å². The van der Waals surface area contributed by atoms with Crippen molar-refractivity contribution < 1.29 is 14.2 Å². The van der Waals surface area contributed by atoms with Gasteiger partial charge in [-0.1, -0.05) is 0 Å². The summed E-state index contributed by atoms with van der Waals surface area (Å²) in [7, 11) is 3.37. The van der Waals surface area contributed by atoms with E-state index >= 15 is 0 Å². The highest BCUT2D eigenvalue weighted by atomic mass is 16.6. The number of hydrogen-bond acceptors (Lipinski definition) is 7. The van der Waals surface area contributed by atoms with Gasteiger partial charge in [-0.3, -0.25) is 0 Å². The number of anilines is 2. The van der Waals surface area contributed by atoms with Crippen molar-refractivity contribution in [1.29, 1.82) is 0 Å². The topological polar surface area (TPSA) is 77.5 Å². The second kappa shape index (κ2) is 6.36. The Morgan fingerprint density at radius 1 is 1.39 bits per heavy atom. The summed E-state index contributed by atoms with van der Waals surface area (Å²) in [5.41, 5.74) is 0. The molecule has 1 aliphatic rings. The second-order valence-corrected chi connectivity index (χ2v) is 3.80. The summed E-state index contributed by atoms with van der Waals surface area (Å²) in [6.07, 6.45) is 1.52. The lowest BCUT2D eigenvalue weighted by Gasteiger charge is -2.23. The zero-order valence-corrected chi connectivity index (χ0v) is 10.6. The Morgan fingerprint density at radius 2 is 2.22 bits per heavy atom. The summed E-state index contributed by atoms with van der Waals surface area (Å²) in [5, 5.41) is 6.14. The first kappa shape index (κ1) is 12.8. The van der Waals surface area contributed by atoms with E-state index in [9.17, 15) is 0 Å². The van der Waals surface area contributed by atoms with E-state index in [4.69, 9.17) is 14.2 Å². The quantitative estimate of drug-likeness (QED) is 0.785. The van der Waals surface area contributed by atoms with E-state index < -0.39 is 0 Å². The van der Waals surface area contributed by atoms with E-state index in [1.54, 1.807) is 14.2 Å². The molecule has 18 heavy (non-hydrogen) atoms. The van der Waals surface area contributed by atoms with Gasteiger partial charge >= 0.3 is 0 Å². The first-order valence-electron chi connectivity index (χ1n) is 5.85. The van der Waals surface area contributed by atoms with Crippen molar-refractivity contribution in [2.75, 3.05) is 51.2 Å². The molecule has 0 saturated carbocycles. The molecular weight excluding hydrogens is 236 g/mol. The van der Waals surface area contributed by atoms with Crippen molar-refractivity contribution in [2.24, 2.45) is 0 Å². The molecular formula is C11H18N4O3. The molecule has 2 N–H and O–H groups in total. The van der Waals surface area contributed by atoms with E-state index in [2.05, 4.69) is 20.6 Å². The average Bonchev–Trinajstić information content (AvgIpc) is 2.45. The van der Waals surface area contributed by atoms with Gasteiger partial charge in [-0.2, -0.15) is 0 Å². The zero-order chi connectivity index (χ0) is 12.8. The van der Waals surface area contributed by atoms with Gasteiger partial charge < -0.3 is 24.8 Å². The van der Waals surface area contributed by atoms with Crippen molar-refractivity contribution >= 4 is 11.6 Å². The van der Waals surface area contributed by atoms with Crippen LogP contribution in [-0.4, -0.2) is 56.6 Å². The lowest BCUT2D eigenvalue weighted by atomic mass is 10.3. The maximum Gasteiger partial charge on any atom is 0.204 e. The lowest BCUT2D eigenvalue weighted by molar-refractivity contribution is -0.0819. The van der Waals surface area contributed by atoms with Crippen molar-refractivity contribution in [3.8, 4) is 5.75 Å². The third kappa shape index (κ3) is 2.99. The Labute approximate surface area is 106 Å². The third-order valence-corrected chi connectivity index (χ3v) is 2.63. The number of rotatable bonds is 5. The number of nitrogens with one attached hydrogen (secondary N) is 2. The van der Waals surface area contributed by atoms with Crippen molar-refractivity contribution in [2.45, 2.75) is 6.10 Å². The Bertz CT molecular complexity index is 383. The van der Waals surface area contributed by atoms with Crippen molar-refractivity contribution in [3.63, 3.8) is 0 Å². The predicted molar refractivity (Wildman–Crippen MR) is 67.2 cm³/mol. The summed E-state index contributed by atoms with van der Waals surface area (Å²) in [4.78, 5) is 8.24. The molecule has 1 aliphatic heterocycles. The Hall–Kier alpha value is -1.60. The van der Waals surface area contributed by atoms with Crippen LogP contribution in [0.25, 0.3) is 0 Å². The van der Waals surface area contributed by atoms with Gasteiger partial charge in [0.2, 0.25) is 5.75 Å². The van der Waals surface area contributed by atoms with Crippen LogP contribution in [0.1, 0.15) is 0 Å². The summed E-state index contributed by atoms with van der Waals surface area (Å²) in [5.74, 6) is 1.89. The zero-order valence-electron chi connectivity index (χ0n) is 10.6. The van der Waals surface area contributed by atoms with Gasteiger partial charge in [0.1, 0.15) is 6.33 Å². The van der Waals surface area contributed by atoms with Gasteiger partial charge in [0.05, 0.1) is 33.0 Å². The highest BCUT2D eigenvalue weighted by Crippen LogP contribution is 2.28. The van der Waals surface area contributed by atoms with Crippen LogP contribution in [0, 0.1) is 0 Å². The molecule has 1 fully saturated rings. The van der Waals surface area contributed by atoms with Gasteiger partial charge in [-0.25, -0.2) is 9.97 Å². The van der Waals surface area contributed by atoms with Gasteiger partial charge in [0.15, 0.2) is 11.6 Å². The fraction of sp³-hybridized carbons (Fsp3) is 0.636. The molecule has 2 heterocycles. The van der Waals surface area contributed by atoms with E-state index in [1.165, 1.54) is 6.33 Å². The van der Waals surface area contributed by atoms with Crippen molar-refractivity contribution in [1.82, 2.24) is 9.97 Å². The summed E-state index contributed by atoms with van der Waals surface area (Å²) in [6.45, 7) is 2.52. The van der Waals surface area contributed by atoms with Crippen LogP contribution >= 0.6 is 0 Å². The van der Waals surface area contributed by atoms with Crippen molar-refractivity contribution in [3.05, 3.63) is 6.33 Å². The maximum absolute atomic E-state index is 5.54. The fourth-order valence-corrected chi connectivity index (χ4v) is 1.74. The average molecular weight is 254 g/mol. The molecule has 2 rings (SSSR count). The first-order valence-corrected chi connectivity index (χ1v) is 5.85. The van der Waals surface area contributed by atoms with E-state index in [0.717, 1.165) is 0 Å². The highest BCUT2D eigenvalue weighted by molar-refractivity contribution is 5.63. The predicted octanol–water partition coefficient (Wildman–Crippen LogP) is 0.354. The van der Waals surface area contributed by atoms with Crippen LogP contribution in [0.3, 0.4) is 0 Å². The van der Waals surface area contributed by atoms with Crippen LogP contribution in [0.2, 0.25) is 0 Å². The van der Waals surface area contributed by atoms with Crippen LogP contribution < -0.4 is 15.4 Å². The van der Waals surface area contributed by atoms with Gasteiger partial charge in [-0.05, 0) is 0 Å². The Kier molecular flexibility index (Phi) is 4.54. The molecule has 1 atom stereocenters. The molecule has 0 aliphatic carbocycles. The lowest BCUT2D eigenvalue weighted by Crippen LogP contribution is -2.34. The van der Waals surface area contributed by atoms with Gasteiger partial charge in [0.25, 0.3) is 0 Å². The molecule has 100 valence electrons. The number of aromatic nitrogens is 2. The molecule has 1 aromatic heterocycles. The van der Waals surface area contributed by atoms with E-state index in [-0.39, 0.29) is 6.10 Å².